The van der Waals surface area contributed by atoms with Crippen LogP contribution in [0.3, 0.4) is 0 Å². The highest BCUT2D eigenvalue weighted by Gasteiger charge is 2.47. The third-order valence-electron chi connectivity index (χ3n) is 7.73. The number of aromatic nitrogens is 1. The van der Waals surface area contributed by atoms with Crippen LogP contribution in [-0.2, 0) is 16.7 Å². The summed E-state index contributed by atoms with van der Waals surface area (Å²) in [7, 11) is 0. The van der Waals surface area contributed by atoms with Gasteiger partial charge in [0, 0.05) is 31.0 Å². The summed E-state index contributed by atoms with van der Waals surface area (Å²) in [5.74, 6) is -0.164. The molecule has 0 radical (unpaired) electrons. The quantitative estimate of drug-likeness (QED) is 0.282. The highest BCUT2D eigenvalue weighted by molar-refractivity contribution is 8.93. The van der Waals surface area contributed by atoms with Crippen molar-refractivity contribution >= 4 is 34.0 Å². The Morgan fingerprint density at radius 2 is 1.60 bits per heavy atom. The average molecular weight is 606 g/mol. The molecule has 1 saturated carbocycles. The number of nitrogens with one attached hydrogen (secondary N) is 1. The predicted molar refractivity (Wildman–Crippen MR) is 151 cm³/mol. The largest absolute Gasteiger partial charge is 0.375 e. The Balaban J connectivity index is 0.00000171. The van der Waals surface area contributed by atoms with E-state index in [1.165, 1.54) is 35.1 Å². The van der Waals surface area contributed by atoms with Crippen LogP contribution in [0.1, 0.15) is 56.1 Å². The van der Waals surface area contributed by atoms with Gasteiger partial charge in [0.2, 0.25) is 0 Å². The van der Waals surface area contributed by atoms with Crippen molar-refractivity contribution in [1.29, 1.82) is 0 Å². The lowest BCUT2D eigenvalue weighted by atomic mass is 9.66. The Bertz CT molecular complexity index is 1060. The Morgan fingerprint density at radius 1 is 0.886 bits per heavy atom. The van der Waals surface area contributed by atoms with Crippen LogP contribution < -0.4 is 5.32 Å². The molecule has 188 valence electrons. The maximum atomic E-state index is 13.7. The van der Waals surface area contributed by atoms with Crippen molar-refractivity contribution < 1.29 is 9.13 Å². The maximum Gasteiger partial charge on any atom is 0.123 e. The lowest BCUT2D eigenvalue weighted by molar-refractivity contribution is -0.103. The van der Waals surface area contributed by atoms with Gasteiger partial charge in [0.05, 0.1) is 5.60 Å². The monoisotopic (exact) mass is 604 g/mol. The number of ether oxygens (including phenoxy) is 1. The molecule has 6 heteroatoms. The summed E-state index contributed by atoms with van der Waals surface area (Å²) in [4.78, 5) is 4.15. The number of benzene rings is 2. The molecule has 2 aromatic carbocycles. The van der Waals surface area contributed by atoms with Crippen LogP contribution in [0.25, 0.3) is 11.1 Å². The van der Waals surface area contributed by atoms with Gasteiger partial charge < -0.3 is 10.1 Å². The van der Waals surface area contributed by atoms with Crippen molar-refractivity contribution in [3.8, 4) is 11.1 Å². The van der Waals surface area contributed by atoms with Crippen LogP contribution in [0, 0.1) is 5.82 Å². The van der Waals surface area contributed by atoms with Gasteiger partial charge in [0.25, 0.3) is 0 Å². The van der Waals surface area contributed by atoms with E-state index < -0.39 is 0 Å². The fourth-order valence-corrected chi connectivity index (χ4v) is 6.01. The second-order valence-electron chi connectivity index (χ2n) is 9.77. The van der Waals surface area contributed by atoms with Gasteiger partial charge in [0.15, 0.2) is 0 Å². The van der Waals surface area contributed by atoms with E-state index in [1.54, 1.807) is 12.1 Å². The molecule has 0 unspecified atom stereocenters. The molecule has 1 spiro atoms. The number of halogens is 3. The van der Waals surface area contributed by atoms with E-state index in [-0.39, 0.29) is 50.8 Å². The average Bonchev–Trinajstić information content (AvgIpc) is 3.30. The van der Waals surface area contributed by atoms with Gasteiger partial charge in [-0.25, -0.2) is 4.39 Å². The molecule has 0 bridgehead atoms. The molecule has 1 aromatic heterocycles. The fourth-order valence-electron chi connectivity index (χ4n) is 6.01. The molecule has 3 nitrogen and oxygen atoms in total. The smallest absolute Gasteiger partial charge is 0.123 e. The lowest BCUT2D eigenvalue weighted by Crippen LogP contribution is -2.47. The standard InChI is InChI=1S/C29H33FN2O.2BrH/c30-26-9-7-25(8-10-26)28(16-20-33-29(22-28)13-3-4-14-29)15-19-32-21-24-5-1-2-6-27(24)23-11-17-31-18-12-23;;/h1-2,5-12,17-18,32H,3-4,13-16,19-22H2;2*1H/t28-;;/m1../s1. The first kappa shape index (κ1) is 28.0. The Hall–Kier alpha value is -1.60. The molecule has 0 amide bonds. The van der Waals surface area contributed by atoms with Gasteiger partial charge in [-0.15, -0.1) is 34.0 Å². The van der Waals surface area contributed by atoms with E-state index in [4.69, 9.17) is 4.74 Å². The molecule has 1 atom stereocenters. The van der Waals surface area contributed by atoms with Gasteiger partial charge in [0.1, 0.15) is 5.82 Å². The molecule has 1 saturated heterocycles. The lowest BCUT2D eigenvalue weighted by Gasteiger charge is -2.47. The van der Waals surface area contributed by atoms with Gasteiger partial charge in [-0.3, -0.25) is 4.98 Å². The summed E-state index contributed by atoms with van der Waals surface area (Å²) in [5, 5.41) is 3.71. The highest BCUT2D eigenvalue weighted by atomic mass is 79.9. The molecule has 2 heterocycles. The molecular weight excluding hydrogens is 571 g/mol. The van der Waals surface area contributed by atoms with Crippen molar-refractivity contribution in [3.05, 3.63) is 90.0 Å². The zero-order chi connectivity index (χ0) is 22.6. The third-order valence-corrected chi connectivity index (χ3v) is 7.73. The van der Waals surface area contributed by atoms with Crippen molar-refractivity contribution in [2.24, 2.45) is 0 Å². The maximum absolute atomic E-state index is 13.7. The Labute approximate surface area is 229 Å². The van der Waals surface area contributed by atoms with E-state index in [2.05, 4.69) is 46.7 Å². The van der Waals surface area contributed by atoms with E-state index in [1.807, 2.05) is 24.5 Å². The summed E-state index contributed by atoms with van der Waals surface area (Å²) in [6.07, 6.45) is 11.6. The van der Waals surface area contributed by atoms with Crippen LogP contribution in [0.15, 0.2) is 73.1 Å². The minimum absolute atomic E-state index is 0. The third kappa shape index (κ3) is 6.40. The summed E-state index contributed by atoms with van der Waals surface area (Å²) in [6, 6.07) is 19.9. The Kier molecular flexibility index (Phi) is 10.1. The fraction of sp³-hybridized carbons (Fsp3) is 0.414. The predicted octanol–water partition coefficient (Wildman–Crippen LogP) is 7.58. The van der Waals surface area contributed by atoms with Crippen molar-refractivity contribution in [1.82, 2.24) is 10.3 Å². The van der Waals surface area contributed by atoms with Crippen molar-refractivity contribution in [3.63, 3.8) is 0 Å². The van der Waals surface area contributed by atoms with E-state index in [9.17, 15) is 4.39 Å². The van der Waals surface area contributed by atoms with Gasteiger partial charge in [-0.05, 0) is 85.2 Å². The summed E-state index contributed by atoms with van der Waals surface area (Å²) in [5.41, 5.74) is 5.04. The number of hydrogen-bond acceptors (Lipinski definition) is 3. The zero-order valence-electron chi connectivity index (χ0n) is 20.0. The van der Waals surface area contributed by atoms with E-state index in [0.717, 1.165) is 51.8 Å². The Morgan fingerprint density at radius 3 is 2.34 bits per heavy atom. The molecule has 1 N–H and O–H groups in total. The second kappa shape index (κ2) is 12.6. The number of hydrogen-bond donors (Lipinski definition) is 1. The topological polar surface area (TPSA) is 34.2 Å². The molecule has 3 aromatic rings. The van der Waals surface area contributed by atoms with Crippen LogP contribution in [0.4, 0.5) is 4.39 Å². The molecule has 5 rings (SSSR count). The first-order valence-corrected chi connectivity index (χ1v) is 12.3. The minimum atomic E-state index is -0.164. The molecular formula is C29H35Br2FN2O. The number of pyridine rings is 1. The molecule has 2 aliphatic rings. The van der Waals surface area contributed by atoms with Crippen LogP contribution in [-0.4, -0.2) is 23.7 Å². The van der Waals surface area contributed by atoms with E-state index in [0.29, 0.717) is 0 Å². The zero-order valence-corrected chi connectivity index (χ0v) is 23.5. The summed E-state index contributed by atoms with van der Waals surface area (Å²) >= 11 is 0. The summed E-state index contributed by atoms with van der Waals surface area (Å²) in [6.45, 7) is 2.53. The van der Waals surface area contributed by atoms with Crippen LogP contribution >= 0.6 is 34.0 Å². The minimum Gasteiger partial charge on any atom is -0.375 e. The number of nitrogens with zero attached hydrogens (tertiary/aromatic N) is 1. The first-order valence-electron chi connectivity index (χ1n) is 12.3. The van der Waals surface area contributed by atoms with Crippen LogP contribution in [0.2, 0.25) is 0 Å². The van der Waals surface area contributed by atoms with Gasteiger partial charge >= 0.3 is 0 Å². The normalized spacial score (nSPS) is 20.7. The van der Waals surface area contributed by atoms with Crippen molar-refractivity contribution in [2.75, 3.05) is 13.2 Å². The SMILES string of the molecule is Br.Br.Fc1ccc([C@]2(CCNCc3ccccc3-c3ccncc3)CCOC3(CCCC3)C2)cc1. The first-order chi connectivity index (χ1) is 16.2. The van der Waals surface area contributed by atoms with Gasteiger partial charge in [-0.2, -0.15) is 0 Å². The second-order valence-corrected chi connectivity index (χ2v) is 9.77. The molecule has 1 aliphatic heterocycles. The van der Waals surface area contributed by atoms with Crippen LogP contribution in [0.5, 0.6) is 0 Å². The molecule has 1 aliphatic carbocycles. The van der Waals surface area contributed by atoms with Gasteiger partial charge in [-0.1, -0.05) is 49.2 Å². The van der Waals surface area contributed by atoms with E-state index >= 15 is 0 Å². The molecule has 35 heavy (non-hydrogen) atoms. The number of rotatable bonds is 7. The molecule has 2 fully saturated rings. The van der Waals surface area contributed by atoms with Crippen molar-refractivity contribution in [2.45, 2.75) is 62.5 Å². The highest BCUT2D eigenvalue weighted by Crippen LogP contribution is 2.50. The summed E-state index contributed by atoms with van der Waals surface area (Å²) < 4.78 is 20.1.